The molecule has 0 radical (unpaired) electrons. The molecule has 8 heteroatoms. The van der Waals surface area contributed by atoms with Gasteiger partial charge in [-0.2, -0.15) is 5.10 Å². The fourth-order valence-electron chi connectivity index (χ4n) is 1.78. The summed E-state index contributed by atoms with van der Waals surface area (Å²) < 4.78 is 5.18. The highest BCUT2D eigenvalue weighted by atomic mass is 32.2. The summed E-state index contributed by atoms with van der Waals surface area (Å²) in [5.41, 5.74) is 1.30. The van der Waals surface area contributed by atoms with Crippen LogP contribution < -0.4 is 4.74 Å². The number of hydrogen-bond acceptors (Lipinski definition) is 7. The van der Waals surface area contributed by atoms with Gasteiger partial charge in [0.2, 0.25) is 0 Å². The Morgan fingerprint density at radius 1 is 1.48 bits per heavy atom. The minimum atomic E-state index is -0.479. The molecule has 1 aliphatic heterocycles. The first-order valence-corrected chi connectivity index (χ1v) is 7.08. The van der Waals surface area contributed by atoms with Crippen molar-refractivity contribution in [2.45, 2.75) is 13.3 Å². The summed E-state index contributed by atoms with van der Waals surface area (Å²) in [6.45, 7) is 1.52. The van der Waals surface area contributed by atoms with Crippen molar-refractivity contribution in [3.05, 3.63) is 33.9 Å². The number of nitro groups is 1. The quantitative estimate of drug-likeness (QED) is 0.615. The van der Waals surface area contributed by atoms with E-state index in [1.165, 1.54) is 37.9 Å². The van der Waals surface area contributed by atoms with Gasteiger partial charge in [-0.15, -0.1) is 16.9 Å². The van der Waals surface area contributed by atoms with Crippen LogP contribution in [0.1, 0.15) is 18.9 Å². The van der Waals surface area contributed by atoms with Gasteiger partial charge in [-0.1, -0.05) is 0 Å². The SMILES string of the molecule is COc1cc([N+](=O)[O-])ccc1C1=NN=C(SCC(C)=O)C1. The number of carbonyl (C=O) groups is 1. The lowest BCUT2D eigenvalue weighted by molar-refractivity contribution is -0.384. The maximum absolute atomic E-state index is 11.0. The van der Waals surface area contributed by atoms with Crippen molar-refractivity contribution in [1.82, 2.24) is 0 Å². The monoisotopic (exact) mass is 307 g/mol. The second-order valence-corrected chi connectivity index (χ2v) is 5.40. The Bertz CT molecular complexity index is 655. The Morgan fingerprint density at radius 3 is 2.86 bits per heavy atom. The van der Waals surface area contributed by atoms with Gasteiger partial charge in [0, 0.05) is 18.1 Å². The fourth-order valence-corrected chi connectivity index (χ4v) is 2.48. The number of ketones is 1. The van der Waals surface area contributed by atoms with Crippen LogP contribution in [0.5, 0.6) is 5.75 Å². The van der Waals surface area contributed by atoms with Crippen LogP contribution in [0.3, 0.4) is 0 Å². The summed E-state index contributed by atoms with van der Waals surface area (Å²) >= 11 is 1.35. The Labute approximate surface area is 125 Å². The number of Topliss-reactive ketones (excluding diaryl/α,β-unsaturated/α-hetero) is 1. The lowest BCUT2D eigenvalue weighted by Crippen LogP contribution is -2.06. The number of methoxy groups -OCH3 is 1. The van der Waals surface area contributed by atoms with Gasteiger partial charge in [-0.25, -0.2) is 0 Å². The molecule has 7 nitrogen and oxygen atoms in total. The van der Waals surface area contributed by atoms with Crippen molar-refractivity contribution >= 4 is 34.0 Å². The van der Waals surface area contributed by atoms with Crippen LogP contribution in [-0.2, 0) is 4.79 Å². The molecule has 110 valence electrons. The van der Waals surface area contributed by atoms with Gasteiger partial charge in [0.25, 0.3) is 5.69 Å². The van der Waals surface area contributed by atoms with E-state index in [9.17, 15) is 14.9 Å². The highest BCUT2D eigenvalue weighted by Gasteiger charge is 2.20. The molecule has 0 saturated heterocycles. The van der Waals surface area contributed by atoms with E-state index in [4.69, 9.17) is 4.74 Å². The lowest BCUT2D eigenvalue weighted by Gasteiger charge is -2.07. The Morgan fingerprint density at radius 2 is 2.24 bits per heavy atom. The van der Waals surface area contributed by atoms with E-state index in [1.807, 2.05) is 0 Å². The lowest BCUT2D eigenvalue weighted by atomic mass is 10.1. The Hall–Kier alpha value is -2.22. The molecule has 1 heterocycles. The molecule has 21 heavy (non-hydrogen) atoms. The van der Waals surface area contributed by atoms with E-state index < -0.39 is 4.92 Å². The molecule has 0 fully saturated rings. The topological polar surface area (TPSA) is 94.2 Å². The second kappa shape index (κ2) is 6.49. The zero-order chi connectivity index (χ0) is 15.4. The summed E-state index contributed by atoms with van der Waals surface area (Å²) in [5, 5.41) is 19.6. The summed E-state index contributed by atoms with van der Waals surface area (Å²) in [6, 6.07) is 4.36. The fraction of sp³-hybridized carbons (Fsp3) is 0.308. The molecule has 0 aliphatic carbocycles. The van der Waals surface area contributed by atoms with Gasteiger partial charge in [-0.05, 0) is 13.0 Å². The first-order chi connectivity index (χ1) is 10.0. The van der Waals surface area contributed by atoms with Gasteiger partial charge < -0.3 is 4.74 Å². The van der Waals surface area contributed by atoms with Crippen LogP contribution >= 0.6 is 11.8 Å². The first-order valence-electron chi connectivity index (χ1n) is 6.09. The maximum Gasteiger partial charge on any atom is 0.273 e. The molecule has 0 bridgehead atoms. The minimum absolute atomic E-state index is 0.0405. The van der Waals surface area contributed by atoms with Gasteiger partial charge in [0.1, 0.15) is 16.6 Å². The van der Waals surface area contributed by atoms with E-state index >= 15 is 0 Å². The number of non-ortho nitro benzene ring substituents is 1. The van der Waals surface area contributed by atoms with Gasteiger partial charge in [-0.3, -0.25) is 14.9 Å². The van der Waals surface area contributed by atoms with E-state index in [1.54, 1.807) is 6.07 Å². The highest BCUT2D eigenvalue weighted by Crippen LogP contribution is 2.28. The number of carbonyl (C=O) groups excluding carboxylic acids is 1. The average molecular weight is 307 g/mol. The first kappa shape index (κ1) is 15.2. The van der Waals surface area contributed by atoms with Crippen molar-refractivity contribution in [3.63, 3.8) is 0 Å². The molecule has 0 unspecified atom stereocenters. The molecule has 0 N–H and O–H groups in total. The number of rotatable bonds is 5. The molecule has 0 aromatic heterocycles. The van der Waals surface area contributed by atoms with Crippen molar-refractivity contribution < 1.29 is 14.5 Å². The van der Waals surface area contributed by atoms with Gasteiger partial charge in [0.15, 0.2) is 0 Å². The summed E-state index contributed by atoms with van der Waals surface area (Å²) in [6.07, 6.45) is 0.492. The molecule has 0 spiro atoms. The van der Waals surface area contributed by atoms with Gasteiger partial charge >= 0.3 is 0 Å². The smallest absolute Gasteiger partial charge is 0.273 e. The number of thioether (sulfide) groups is 1. The standard InChI is InChI=1S/C13H13N3O4S/c1-8(17)7-21-13-6-11(14-15-13)10-4-3-9(16(18)19)5-12(10)20-2/h3-5H,6-7H2,1-2H3. The molecule has 1 aliphatic rings. The number of ether oxygens (including phenoxy) is 1. The molecule has 0 amide bonds. The molecule has 0 saturated carbocycles. The number of benzene rings is 1. The minimum Gasteiger partial charge on any atom is -0.496 e. The van der Waals surface area contributed by atoms with Crippen LogP contribution in [-0.4, -0.2) is 34.3 Å². The van der Waals surface area contributed by atoms with E-state index in [0.29, 0.717) is 29.2 Å². The van der Waals surface area contributed by atoms with Crippen molar-refractivity contribution in [1.29, 1.82) is 0 Å². The van der Waals surface area contributed by atoms with Crippen LogP contribution in [0, 0.1) is 10.1 Å². The summed E-state index contributed by atoms with van der Waals surface area (Å²) in [7, 11) is 1.45. The molecular weight excluding hydrogens is 294 g/mol. The van der Waals surface area contributed by atoms with Crippen LogP contribution in [0.25, 0.3) is 0 Å². The highest BCUT2D eigenvalue weighted by molar-refractivity contribution is 8.14. The van der Waals surface area contributed by atoms with Crippen molar-refractivity contribution in [3.8, 4) is 5.75 Å². The van der Waals surface area contributed by atoms with Crippen LogP contribution in [0.4, 0.5) is 5.69 Å². The third-order valence-corrected chi connectivity index (χ3v) is 3.86. The van der Waals surface area contributed by atoms with E-state index in [-0.39, 0.29) is 11.5 Å². The number of nitrogens with zero attached hydrogens (tertiary/aromatic N) is 3. The molecular formula is C13H13N3O4S. The molecule has 1 aromatic rings. The van der Waals surface area contributed by atoms with Gasteiger partial charge in [0.05, 0.1) is 29.6 Å². The largest absolute Gasteiger partial charge is 0.496 e. The molecule has 1 aromatic carbocycles. The van der Waals surface area contributed by atoms with Crippen LogP contribution in [0.2, 0.25) is 0 Å². The van der Waals surface area contributed by atoms with E-state index in [2.05, 4.69) is 10.2 Å². The number of nitro benzene ring substituents is 1. The van der Waals surface area contributed by atoms with Crippen LogP contribution in [0.15, 0.2) is 28.4 Å². The molecule has 2 rings (SSSR count). The maximum atomic E-state index is 11.0. The third kappa shape index (κ3) is 3.66. The predicted octanol–water partition coefficient (Wildman–Crippen LogP) is 2.43. The third-order valence-electron chi connectivity index (χ3n) is 2.75. The summed E-state index contributed by atoms with van der Waals surface area (Å²) in [4.78, 5) is 21.2. The second-order valence-electron chi connectivity index (χ2n) is 4.35. The van der Waals surface area contributed by atoms with Crippen molar-refractivity contribution in [2.24, 2.45) is 10.2 Å². The predicted molar refractivity (Wildman–Crippen MR) is 81.4 cm³/mol. The van der Waals surface area contributed by atoms with Crippen molar-refractivity contribution in [2.75, 3.05) is 12.9 Å². The normalized spacial score (nSPS) is 13.6. The van der Waals surface area contributed by atoms with E-state index in [0.717, 1.165) is 5.04 Å². The summed E-state index contributed by atoms with van der Waals surface area (Å²) in [5.74, 6) is 0.819. The number of hydrogen-bond donors (Lipinski definition) is 0. The Balaban J connectivity index is 2.14. The molecule has 0 atom stereocenters. The Kier molecular flexibility index (Phi) is 4.69. The zero-order valence-corrected chi connectivity index (χ0v) is 12.3. The average Bonchev–Trinajstić information content (AvgIpc) is 2.93. The zero-order valence-electron chi connectivity index (χ0n) is 11.5.